The van der Waals surface area contributed by atoms with Crippen molar-refractivity contribution in [3.05, 3.63) is 68.2 Å². The summed E-state index contributed by atoms with van der Waals surface area (Å²) in [4.78, 5) is 22.0. The lowest BCUT2D eigenvalue weighted by Gasteiger charge is -2.00. The molecule has 0 radical (unpaired) electrons. The van der Waals surface area contributed by atoms with Crippen molar-refractivity contribution >= 4 is 33.7 Å². The quantitative estimate of drug-likeness (QED) is 0.494. The number of amides is 1. The number of carbonyl (C=O) groups is 1. The van der Waals surface area contributed by atoms with Crippen molar-refractivity contribution in [1.29, 1.82) is 0 Å². The summed E-state index contributed by atoms with van der Waals surface area (Å²) in [6.07, 6.45) is 1.30. The van der Waals surface area contributed by atoms with E-state index in [1.165, 1.54) is 42.6 Å². The Hall–Kier alpha value is -2.74. The Kier molecular flexibility index (Phi) is 4.84. The van der Waals surface area contributed by atoms with Crippen LogP contribution in [0.5, 0.6) is 5.75 Å². The molecule has 8 heteroatoms. The van der Waals surface area contributed by atoms with Crippen molar-refractivity contribution in [2.75, 3.05) is 0 Å². The summed E-state index contributed by atoms with van der Waals surface area (Å²) in [5, 5.41) is 23.7. The first-order valence-electron chi connectivity index (χ1n) is 6.04. The van der Waals surface area contributed by atoms with Crippen molar-refractivity contribution in [3.63, 3.8) is 0 Å². The van der Waals surface area contributed by atoms with Gasteiger partial charge in [0.25, 0.3) is 11.6 Å². The second kappa shape index (κ2) is 6.81. The molecule has 0 fully saturated rings. The van der Waals surface area contributed by atoms with Gasteiger partial charge in [0.05, 0.1) is 15.6 Å². The zero-order valence-electron chi connectivity index (χ0n) is 11.1. The molecule has 0 aliphatic heterocycles. The van der Waals surface area contributed by atoms with Crippen molar-refractivity contribution in [2.24, 2.45) is 5.10 Å². The van der Waals surface area contributed by atoms with Gasteiger partial charge in [0.15, 0.2) is 0 Å². The number of carbonyl (C=O) groups excluding carboxylic acids is 1. The molecule has 0 aliphatic rings. The number of nitrogens with zero attached hydrogens (tertiary/aromatic N) is 2. The first kappa shape index (κ1) is 15.6. The molecular formula is C14H10BrN3O4. The van der Waals surface area contributed by atoms with Crippen LogP contribution >= 0.6 is 15.9 Å². The molecule has 22 heavy (non-hydrogen) atoms. The summed E-state index contributed by atoms with van der Waals surface area (Å²) < 4.78 is 0.364. The fraction of sp³-hybridized carbons (Fsp3) is 0. The predicted octanol–water partition coefficient (Wildman–Crippen LogP) is 2.83. The number of nitro groups is 1. The van der Waals surface area contributed by atoms with Crippen molar-refractivity contribution in [3.8, 4) is 5.75 Å². The number of rotatable bonds is 4. The summed E-state index contributed by atoms with van der Waals surface area (Å²) in [5.74, 6) is -0.398. The van der Waals surface area contributed by atoms with Gasteiger partial charge in [-0.25, -0.2) is 5.43 Å². The maximum absolute atomic E-state index is 11.8. The van der Waals surface area contributed by atoms with Crippen LogP contribution in [-0.4, -0.2) is 22.2 Å². The van der Waals surface area contributed by atoms with E-state index in [1.54, 1.807) is 6.07 Å². The Labute approximate surface area is 133 Å². The molecule has 2 aromatic rings. The summed E-state index contributed by atoms with van der Waals surface area (Å²) >= 11 is 3.08. The smallest absolute Gasteiger partial charge is 0.284 e. The van der Waals surface area contributed by atoms with Crippen LogP contribution in [-0.2, 0) is 0 Å². The summed E-state index contributed by atoms with van der Waals surface area (Å²) in [6.45, 7) is 0. The number of benzene rings is 2. The average Bonchev–Trinajstić information content (AvgIpc) is 2.49. The minimum Gasteiger partial charge on any atom is -0.508 e. The highest BCUT2D eigenvalue weighted by Crippen LogP contribution is 2.24. The van der Waals surface area contributed by atoms with E-state index in [4.69, 9.17) is 5.11 Å². The van der Waals surface area contributed by atoms with E-state index in [1.807, 2.05) is 0 Å². The van der Waals surface area contributed by atoms with E-state index in [2.05, 4.69) is 26.5 Å². The van der Waals surface area contributed by atoms with Crippen LogP contribution in [0.4, 0.5) is 5.69 Å². The van der Waals surface area contributed by atoms with Crippen LogP contribution < -0.4 is 5.43 Å². The molecule has 2 N–H and O–H groups in total. The summed E-state index contributed by atoms with van der Waals surface area (Å²) in [7, 11) is 0. The number of phenolic OH excluding ortho intramolecular Hbond substituents is 1. The molecular weight excluding hydrogens is 354 g/mol. The molecule has 2 rings (SSSR count). The van der Waals surface area contributed by atoms with E-state index >= 15 is 0 Å². The van der Waals surface area contributed by atoms with Crippen LogP contribution in [0.1, 0.15) is 15.9 Å². The third kappa shape index (κ3) is 3.89. The number of nitro benzene ring substituents is 1. The Bertz CT molecular complexity index is 744. The molecule has 7 nitrogen and oxygen atoms in total. The highest BCUT2D eigenvalue weighted by Gasteiger charge is 2.11. The Morgan fingerprint density at radius 3 is 2.59 bits per heavy atom. The van der Waals surface area contributed by atoms with Gasteiger partial charge in [-0.15, -0.1) is 0 Å². The van der Waals surface area contributed by atoms with E-state index in [-0.39, 0.29) is 11.4 Å². The number of halogens is 1. The van der Waals surface area contributed by atoms with Crippen LogP contribution in [0.3, 0.4) is 0 Å². The highest BCUT2D eigenvalue weighted by molar-refractivity contribution is 9.10. The van der Waals surface area contributed by atoms with Gasteiger partial charge >= 0.3 is 0 Å². The average molecular weight is 364 g/mol. The van der Waals surface area contributed by atoms with E-state index in [9.17, 15) is 14.9 Å². The van der Waals surface area contributed by atoms with E-state index < -0.39 is 10.8 Å². The van der Waals surface area contributed by atoms with Crippen LogP contribution in [0.15, 0.2) is 52.0 Å². The molecule has 0 unspecified atom stereocenters. The molecule has 112 valence electrons. The molecule has 1 amide bonds. The van der Waals surface area contributed by atoms with Gasteiger partial charge in [-0.2, -0.15) is 5.10 Å². The van der Waals surface area contributed by atoms with Gasteiger partial charge in [-0.05, 0) is 46.3 Å². The largest absolute Gasteiger partial charge is 0.508 e. The second-order valence-corrected chi connectivity index (χ2v) is 5.07. The van der Waals surface area contributed by atoms with Crippen molar-refractivity contribution in [1.82, 2.24) is 5.43 Å². The van der Waals surface area contributed by atoms with Gasteiger partial charge in [-0.1, -0.05) is 6.07 Å². The number of hydrazone groups is 1. The Morgan fingerprint density at radius 1 is 1.27 bits per heavy atom. The fourth-order valence-electron chi connectivity index (χ4n) is 1.59. The lowest BCUT2D eigenvalue weighted by atomic mass is 10.2. The van der Waals surface area contributed by atoms with Crippen LogP contribution in [0, 0.1) is 10.1 Å². The molecule has 2 aromatic carbocycles. The number of aromatic hydroxyl groups is 1. The van der Waals surface area contributed by atoms with Crippen molar-refractivity contribution < 1.29 is 14.8 Å². The van der Waals surface area contributed by atoms with Gasteiger partial charge in [0, 0.05) is 17.2 Å². The Morgan fingerprint density at radius 2 is 1.95 bits per heavy atom. The lowest BCUT2D eigenvalue weighted by Crippen LogP contribution is -2.17. The topological polar surface area (TPSA) is 105 Å². The normalized spacial score (nSPS) is 10.6. The zero-order chi connectivity index (χ0) is 16.1. The first-order valence-corrected chi connectivity index (χ1v) is 6.83. The highest BCUT2D eigenvalue weighted by atomic mass is 79.9. The molecule has 0 saturated carbocycles. The molecule has 0 heterocycles. The molecule has 0 aliphatic carbocycles. The summed E-state index contributed by atoms with van der Waals surface area (Å²) in [5.41, 5.74) is 3.01. The summed E-state index contributed by atoms with van der Waals surface area (Å²) in [6, 6.07) is 10.2. The number of hydrogen-bond acceptors (Lipinski definition) is 5. The number of phenols is 1. The molecule has 0 aromatic heterocycles. The minimum atomic E-state index is -0.517. The SMILES string of the molecule is O=C(N/N=C\c1ccc(Br)c([N+](=O)[O-])c1)c1ccc(O)cc1. The van der Waals surface area contributed by atoms with Gasteiger partial charge < -0.3 is 5.11 Å². The first-order chi connectivity index (χ1) is 10.5. The van der Waals surface area contributed by atoms with Crippen molar-refractivity contribution in [2.45, 2.75) is 0 Å². The third-order valence-electron chi connectivity index (χ3n) is 2.68. The monoisotopic (exact) mass is 363 g/mol. The zero-order valence-corrected chi connectivity index (χ0v) is 12.6. The lowest BCUT2D eigenvalue weighted by molar-refractivity contribution is -0.385. The molecule has 0 atom stereocenters. The van der Waals surface area contributed by atoms with Crippen LogP contribution in [0.2, 0.25) is 0 Å². The minimum absolute atomic E-state index is 0.0576. The number of nitrogens with one attached hydrogen (secondary N) is 1. The molecule has 0 spiro atoms. The molecule has 0 bridgehead atoms. The van der Waals surface area contributed by atoms with Gasteiger partial charge in [0.1, 0.15) is 5.75 Å². The third-order valence-corrected chi connectivity index (χ3v) is 3.35. The maximum Gasteiger partial charge on any atom is 0.284 e. The van der Waals surface area contributed by atoms with Crippen LogP contribution in [0.25, 0.3) is 0 Å². The maximum atomic E-state index is 11.8. The van der Waals surface area contributed by atoms with Gasteiger partial charge in [0.2, 0.25) is 0 Å². The second-order valence-electron chi connectivity index (χ2n) is 4.21. The predicted molar refractivity (Wildman–Crippen MR) is 84.0 cm³/mol. The number of hydrogen-bond donors (Lipinski definition) is 2. The van der Waals surface area contributed by atoms with E-state index in [0.717, 1.165) is 0 Å². The Balaban J connectivity index is 2.06. The standard InChI is InChI=1S/C14H10BrN3O4/c15-12-6-1-9(7-13(12)18(21)22)8-16-17-14(20)10-2-4-11(19)5-3-10/h1-8,19H,(H,17,20)/b16-8-. The van der Waals surface area contributed by atoms with Gasteiger partial charge in [-0.3, -0.25) is 14.9 Å². The molecule has 0 saturated heterocycles. The van der Waals surface area contributed by atoms with E-state index in [0.29, 0.717) is 15.6 Å². The fourth-order valence-corrected chi connectivity index (χ4v) is 1.98.